The van der Waals surface area contributed by atoms with Crippen LogP contribution in [-0.2, 0) is 4.79 Å². The third-order valence-corrected chi connectivity index (χ3v) is 4.51. The van der Waals surface area contributed by atoms with E-state index in [2.05, 4.69) is 12.2 Å². The van der Waals surface area contributed by atoms with Crippen molar-refractivity contribution in [3.8, 4) is 0 Å². The van der Waals surface area contributed by atoms with Gasteiger partial charge in [-0.1, -0.05) is 33.1 Å². The lowest BCUT2D eigenvalue weighted by Crippen LogP contribution is -2.70. The number of piperidine rings is 1. The van der Waals surface area contributed by atoms with Crippen LogP contribution in [0.3, 0.4) is 0 Å². The summed E-state index contributed by atoms with van der Waals surface area (Å²) in [5.41, 5.74) is 0. The van der Waals surface area contributed by atoms with E-state index in [1.165, 1.54) is 0 Å². The molecule has 8 heteroatoms. The minimum atomic E-state index is -1.45. The second-order valence-corrected chi connectivity index (χ2v) is 6.26. The first-order chi connectivity index (χ1) is 11.0. The third-order valence-electron chi connectivity index (χ3n) is 4.51. The van der Waals surface area contributed by atoms with Gasteiger partial charge in [-0.3, -0.25) is 9.69 Å². The summed E-state index contributed by atoms with van der Waals surface area (Å²) in [4.78, 5) is 14.1. The molecule has 1 rings (SSSR count). The topological polar surface area (TPSA) is 113 Å². The number of nitrogens with zero attached hydrogens (tertiary/aromatic N) is 1. The number of amides is 1. The largest absolute Gasteiger partial charge is 0.395 e. The quantitative estimate of drug-likeness (QED) is 0.355. The molecule has 0 aliphatic carbocycles. The number of aliphatic hydroxyl groups is 4. The molecule has 0 saturated carbocycles. The number of rotatable bonds is 9. The zero-order valence-corrected chi connectivity index (χ0v) is 15.4. The van der Waals surface area contributed by atoms with E-state index in [0.29, 0.717) is 13.1 Å². The van der Waals surface area contributed by atoms with Crippen molar-refractivity contribution in [3.63, 3.8) is 0 Å². The predicted octanol–water partition coefficient (Wildman–Crippen LogP) is -0.358. The van der Waals surface area contributed by atoms with E-state index in [1.807, 2.05) is 6.92 Å². The second-order valence-electron chi connectivity index (χ2n) is 6.26. The third kappa shape index (κ3) is 5.82. The zero-order valence-electron chi connectivity index (χ0n) is 14.6. The molecule has 5 N–H and O–H groups in total. The van der Waals surface area contributed by atoms with Gasteiger partial charge in [-0.2, -0.15) is 0 Å². The van der Waals surface area contributed by atoms with Gasteiger partial charge in [0, 0.05) is 6.54 Å². The lowest BCUT2D eigenvalue weighted by molar-refractivity contribution is -0.178. The highest BCUT2D eigenvalue weighted by Gasteiger charge is 2.49. The lowest BCUT2D eigenvalue weighted by Gasteiger charge is -2.47. The van der Waals surface area contributed by atoms with E-state index in [1.54, 1.807) is 4.90 Å². The summed E-state index contributed by atoms with van der Waals surface area (Å²) >= 11 is 0. The van der Waals surface area contributed by atoms with Crippen LogP contribution >= 0.6 is 12.4 Å². The van der Waals surface area contributed by atoms with Gasteiger partial charge in [0.25, 0.3) is 0 Å². The van der Waals surface area contributed by atoms with Crippen molar-refractivity contribution in [1.82, 2.24) is 10.2 Å². The van der Waals surface area contributed by atoms with E-state index in [9.17, 15) is 25.2 Å². The maximum absolute atomic E-state index is 12.5. The summed E-state index contributed by atoms with van der Waals surface area (Å²) in [6.07, 6.45) is 0.452. The summed E-state index contributed by atoms with van der Waals surface area (Å²) in [7, 11) is 0. The average molecular weight is 369 g/mol. The molecule has 1 amide bonds. The second kappa shape index (κ2) is 12.0. The number of carbonyl (C=O) groups excluding carboxylic acids is 1. The molecular formula is C16H33ClN2O5. The van der Waals surface area contributed by atoms with Crippen molar-refractivity contribution in [2.75, 3.05) is 19.7 Å². The molecule has 0 aromatic rings. The monoisotopic (exact) mass is 368 g/mol. The molecule has 1 saturated heterocycles. The fourth-order valence-corrected chi connectivity index (χ4v) is 3.07. The Balaban J connectivity index is 0.00000529. The van der Waals surface area contributed by atoms with Crippen molar-refractivity contribution in [3.05, 3.63) is 0 Å². The van der Waals surface area contributed by atoms with E-state index >= 15 is 0 Å². The molecular weight excluding hydrogens is 336 g/mol. The zero-order chi connectivity index (χ0) is 17.4. The summed E-state index contributed by atoms with van der Waals surface area (Å²) in [5.74, 6) is -0.367. The Hall–Kier alpha value is -0.440. The summed E-state index contributed by atoms with van der Waals surface area (Å²) < 4.78 is 0. The fraction of sp³-hybridized carbons (Fsp3) is 0.938. The number of hydrogen-bond donors (Lipinski definition) is 5. The van der Waals surface area contributed by atoms with Crippen LogP contribution in [0, 0.1) is 0 Å². The Morgan fingerprint density at radius 3 is 2.17 bits per heavy atom. The molecule has 0 bridgehead atoms. The highest BCUT2D eigenvalue weighted by molar-refractivity contribution is 5.85. The van der Waals surface area contributed by atoms with Crippen LogP contribution in [0.2, 0.25) is 0 Å². The smallest absolute Gasteiger partial charge is 0.240 e. The van der Waals surface area contributed by atoms with Crippen LogP contribution in [0.1, 0.15) is 46.0 Å². The van der Waals surface area contributed by atoms with Crippen LogP contribution in [0.4, 0.5) is 0 Å². The van der Waals surface area contributed by atoms with E-state index in [4.69, 9.17) is 0 Å². The number of hydrogen-bond acceptors (Lipinski definition) is 6. The SMILES string of the molecule is CCCCCNC(=O)[C@@H]1[C@H](O)[C@@H](O)[C@H](O)[C@@H](CO)N1CCCC.Cl. The van der Waals surface area contributed by atoms with Gasteiger partial charge in [-0.15, -0.1) is 12.4 Å². The first kappa shape index (κ1) is 23.6. The van der Waals surface area contributed by atoms with Crippen LogP contribution in [0.5, 0.6) is 0 Å². The van der Waals surface area contributed by atoms with Gasteiger partial charge in [-0.25, -0.2) is 0 Å². The minimum Gasteiger partial charge on any atom is -0.395 e. The van der Waals surface area contributed by atoms with Crippen molar-refractivity contribution in [2.24, 2.45) is 0 Å². The first-order valence-corrected chi connectivity index (χ1v) is 8.68. The van der Waals surface area contributed by atoms with Crippen LogP contribution in [0.25, 0.3) is 0 Å². The van der Waals surface area contributed by atoms with Gasteiger partial charge >= 0.3 is 0 Å². The van der Waals surface area contributed by atoms with Crippen molar-refractivity contribution < 1.29 is 25.2 Å². The molecule has 0 aromatic carbocycles. The summed E-state index contributed by atoms with van der Waals surface area (Å²) in [5, 5.41) is 42.7. The normalized spacial score (nSPS) is 30.7. The number of aliphatic hydroxyl groups excluding tert-OH is 4. The molecule has 0 aromatic heterocycles. The van der Waals surface area contributed by atoms with Crippen molar-refractivity contribution in [1.29, 1.82) is 0 Å². The maximum atomic E-state index is 12.5. The van der Waals surface area contributed by atoms with Gasteiger partial charge < -0.3 is 25.7 Å². The van der Waals surface area contributed by atoms with Crippen molar-refractivity contribution in [2.45, 2.75) is 76.3 Å². The van der Waals surface area contributed by atoms with Gasteiger partial charge in [0.1, 0.15) is 24.4 Å². The number of halogens is 1. The molecule has 1 fully saturated rings. The van der Waals surface area contributed by atoms with Gasteiger partial charge in [0.05, 0.1) is 12.6 Å². The van der Waals surface area contributed by atoms with Crippen LogP contribution in [-0.4, -0.2) is 81.3 Å². The molecule has 5 atom stereocenters. The Morgan fingerprint density at radius 2 is 1.62 bits per heavy atom. The molecule has 0 spiro atoms. The molecule has 1 aliphatic rings. The van der Waals surface area contributed by atoms with Crippen LogP contribution in [0.15, 0.2) is 0 Å². The number of unbranched alkanes of at least 4 members (excludes halogenated alkanes) is 3. The fourth-order valence-electron chi connectivity index (χ4n) is 3.07. The average Bonchev–Trinajstić information content (AvgIpc) is 2.54. The Morgan fingerprint density at radius 1 is 1.00 bits per heavy atom. The summed E-state index contributed by atoms with van der Waals surface area (Å²) in [6, 6.07) is -1.72. The van der Waals surface area contributed by atoms with E-state index < -0.39 is 30.4 Å². The van der Waals surface area contributed by atoms with E-state index in [-0.39, 0.29) is 24.9 Å². The number of carbonyl (C=O) groups is 1. The highest BCUT2D eigenvalue weighted by Crippen LogP contribution is 2.25. The van der Waals surface area contributed by atoms with Gasteiger partial charge in [0.2, 0.25) is 5.91 Å². The van der Waals surface area contributed by atoms with Gasteiger partial charge in [0.15, 0.2) is 0 Å². The molecule has 7 nitrogen and oxygen atoms in total. The van der Waals surface area contributed by atoms with Crippen molar-refractivity contribution >= 4 is 18.3 Å². The predicted molar refractivity (Wildman–Crippen MR) is 94.1 cm³/mol. The Kier molecular flexibility index (Phi) is 11.8. The molecule has 1 aliphatic heterocycles. The highest BCUT2D eigenvalue weighted by atomic mass is 35.5. The van der Waals surface area contributed by atoms with Crippen LogP contribution < -0.4 is 5.32 Å². The number of likely N-dealkylation sites (tertiary alicyclic amines) is 1. The number of nitrogens with one attached hydrogen (secondary N) is 1. The molecule has 24 heavy (non-hydrogen) atoms. The molecule has 1 heterocycles. The van der Waals surface area contributed by atoms with Gasteiger partial charge in [-0.05, 0) is 19.4 Å². The summed E-state index contributed by atoms with van der Waals surface area (Å²) in [6.45, 7) is 4.67. The molecule has 0 unspecified atom stereocenters. The first-order valence-electron chi connectivity index (χ1n) is 8.68. The van der Waals surface area contributed by atoms with E-state index in [0.717, 1.165) is 32.1 Å². The Labute approximate surface area is 150 Å². The lowest BCUT2D eigenvalue weighted by atomic mass is 9.87. The standard InChI is InChI=1S/C16H32N2O5.ClH/c1-3-5-7-8-17-16(23)12-14(21)15(22)13(20)11(10-19)18(12)9-6-4-2;/h11-15,19-22H,3-10H2,1-2H3,(H,17,23);1H/t11-,12+,13-,14+,15+;/m1./s1. The minimum absolute atomic E-state index is 0. The Bertz CT molecular complexity index is 361. The molecule has 144 valence electrons. The maximum Gasteiger partial charge on any atom is 0.240 e. The molecule has 0 radical (unpaired) electrons.